The van der Waals surface area contributed by atoms with Crippen LogP contribution in [0.3, 0.4) is 0 Å². The molecule has 1 fully saturated rings. The summed E-state index contributed by atoms with van der Waals surface area (Å²) in [6.45, 7) is 2.90. The Morgan fingerprint density at radius 2 is 1.82 bits per heavy atom. The molecule has 2 atom stereocenters. The van der Waals surface area contributed by atoms with Crippen LogP contribution in [-0.2, 0) is 0 Å². The van der Waals surface area contributed by atoms with Crippen molar-refractivity contribution >= 4 is 0 Å². The topological polar surface area (TPSA) is 15.3 Å². The highest BCUT2D eigenvalue weighted by Crippen LogP contribution is 2.21. The van der Waals surface area contributed by atoms with Crippen LogP contribution >= 0.6 is 0 Å². The number of likely N-dealkylation sites (N-methyl/N-ethyl adjacent to an activating group) is 2. The van der Waals surface area contributed by atoms with Gasteiger partial charge in [-0.2, -0.15) is 0 Å². The zero-order chi connectivity index (χ0) is 12.7. The number of halogens is 2. The zero-order valence-corrected chi connectivity index (χ0v) is 11.1. The first-order valence-electron chi connectivity index (χ1n) is 6.87. The molecule has 0 amide bonds. The number of alkyl halides is 2. The molecule has 4 heteroatoms. The number of nitrogens with one attached hydrogen (secondary N) is 1. The van der Waals surface area contributed by atoms with Gasteiger partial charge in [0.05, 0.1) is 6.54 Å². The van der Waals surface area contributed by atoms with E-state index in [9.17, 15) is 8.78 Å². The average Bonchev–Trinajstić information content (AvgIpc) is 2.21. The number of rotatable bonds is 5. The molecule has 0 aromatic rings. The third-order valence-corrected chi connectivity index (χ3v) is 3.69. The molecule has 1 N–H and O–H groups in total. The summed E-state index contributed by atoms with van der Waals surface area (Å²) in [7, 11) is 1.84. The second kappa shape index (κ2) is 7.98. The van der Waals surface area contributed by atoms with Gasteiger partial charge in [-0.05, 0) is 26.4 Å². The second-order valence-corrected chi connectivity index (χ2v) is 5.05. The molecule has 0 saturated heterocycles. The fraction of sp³-hybridized carbons (Fsp3) is 1.00. The fourth-order valence-corrected chi connectivity index (χ4v) is 2.85. The fourth-order valence-electron chi connectivity index (χ4n) is 2.85. The molecule has 1 rings (SSSR count). The summed E-state index contributed by atoms with van der Waals surface area (Å²) in [5.74, 6) is 0. The minimum atomic E-state index is -2.23. The second-order valence-electron chi connectivity index (χ2n) is 5.05. The number of hydrogen-bond donors (Lipinski definition) is 1. The summed E-state index contributed by atoms with van der Waals surface area (Å²) < 4.78 is 24.9. The molecule has 17 heavy (non-hydrogen) atoms. The molecule has 0 radical (unpaired) electrons. The molecule has 1 aliphatic carbocycles. The normalized spacial score (nSPS) is 27.2. The van der Waals surface area contributed by atoms with E-state index in [-0.39, 0.29) is 12.6 Å². The first-order chi connectivity index (χ1) is 8.15. The molecule has 0 bridgehead atoms. The van der Waals surface area contributed by atoms with Crippen molar-refractivity contribution < 1.29 is 8.78 Å². The maximum absolute atomic E-state index is 12.5. The lowest BCUT2D eigenvalue weighted by atomic mass is 9.91. The monoisotopic (exact) mass is 248 g/mol. The molecule has 0 aliphatic heterocycles. The minimum absolute atomic E-state index is 0.105. The van der Waals surface area contributed by atoms with Crippen LogP contribution in [0.1, 0.15) is 45.4 Å². The molecule has 102 valence electrons. The van der Waals surface area contributed by atoms with Crippen molar-refractivity contribution in [3.8, 4) is 0 Å². The molecular formula is C13H26F2N2. The van der Waals surface area contributed by atoms with Crippen LogP contribution in [0.4, 0.5) is 8.78 Å². The lowest BCUT2D eigenvalue weighted by Crippen LogP contribution is -2.50. The van der Waals surface area contributed by atoms with Crippen molar-refractivity contribution in [3.05, 3.63) is 0 Å². The zero-order valence-electron chi connectivity index (χ0n) is 11.1. The molecule has 1 aliphatic rings. The maximum Gasteiger partial charge on any atom is 0.251 e. The summed E-state index contributed by atoms with van der Waals surface area (Å²) >= 11 is 0. The van der Waals surface area contributed by atoms with Gasteiger partial charge in [-0.3, -0.25) is 4.90 Å². The first-order valence-corrected chi connectivity index (χ1v) is 6.87. The molecular weight excluding hydrogens is 222 g/mol. The van der Waals surface area contributed by atoms with Crippen LogP contribution < -0.4 is 5.32 Å². The maximum atomic E-state index is 12.5. The molecule has 0 spiro atoms. The predicted molar refractivity (Wildman–Crippen MR) is 67.6 cm³/mol. The average molecular weight is 248 g/mol. The van der Waals surface area contributed by atoms with E-state index in [0.717, 1.165) is 19.4 Å². The van der Waals surface area contributed by atoms with Gasteiger partial charge in [0.1, 0.15) is 0 Å². The summed E-state index contributed by atoms with van der Waals surface area (Å²) in [6, 6.07) is 0.647. The largest absolute Gasteiger partial charge is 0.313 e. The number of nitrogens with zero attached hydrogens (tertiary/aromatic N) is 1. The smallest absolute Gasteiger partial charge is 0.251 e. The van der Waals surface area contributed by atoms with E-state index < -0.39 is 6.43 Å². The van der Waals surface area contributed by atoms with Gasteiger partial charge in [0.2, 0.25) is 0 Å². The first kappa shape index (κ1) is 14.8. The van der Waals surface area contributed by atoms with Crippen molar-refractivity contribution in [1.29, 1.82) is 0 Å². The van der Waals surface area contributed by atoms with E-state index in [0.29, 0.717) is 6.04 Å². The highest BCUT2D eigenvalue weighted by Gasteiger charge is 2.26. The van der Waals surface area contributed by atoms with Crippen molar-refractivity contribution in [2.45, 2.75) is 64.0 Å². The minimum Gasteiger partial charge on any atom is -0.313 e. The van der Waals surface area contributed by atoms with Gasteiger partial charge >= 0.3 is 0 Å². The standard InChI is InChI=1S/C13H26F2N2/c1-3-16-11-8-6-4-5-7-9-12(11)17(2)10-13(14)15/h11-13,16H,3-10H2,1-2H3. The lowest BCUT2D eigenvalue weighted by molar-refractivity contribution is 0.0636. The molecule has 0 heterocycles. The van der Waals surface area contributed by atoms with E-state index >= 15 is 0 Å². The van der Waals surface area contributed by atoms with Gasteiger partial charge in [-0.15, -0.1) is 0 Å². The Balaban J connectivity index is 2.58. The Bertz CT molecular complexity index is 200. The quantitative estimate of drug-likeness (QED) is 0.805. The summed E-state index contributed by atoms with van der Waals surface area (Å²) in [4.78, 5) is 1.85. The molecule has 2 unspecified atom stereocenters. The van der Waals surface area contributed by atoms with Gasteiger partial charge in [0.15, 0.2) is 0 Å². The van der Waals surface area contributed by atoms with Crippen LogP contribution in [-0.4, -0.2) is 43.5 Å². The lowest BCUT2D eigenvalue weighted by Gasteiger charge is -2.36. The van der Waals surface area contributed by atoms with Gasteiger partial charge in [0, 0.05) is 12.1 Å². The van der Waals surface area contributed by atoms with Crippen LogP contribution in [0.25, 0.3) is 0 Å². The highest BCUT2D eigenvalue weighted by atomic mass is 19.3. The molecule has 1 saturated carbocycles. The third kappa shape index (κ3) is 5.30. The van der Waals surface area contributed by atoms with Crippen molar-refractivity contribution in [2.75, 3.05) is 20.1 Å². The Kier molecular flexibility index (Phi) is 6.97. The third-order valence-electron chi connectivity index (χ3n) is 3.69. The molecule has 0 aromatic carbocycles. The molecule has 2 nitrogen and oxygen atoms in total. The highest BCUT2D eigenvalue weighted by molar-refractivity contribution is 4.84. The van der Waals surface area contributed by atoms with E-state index in [1.165, 1.54) is 25.7 Å². The van der Waals surface area contributed by atoms with Crippen LogP contribution in [0.2, 0.25) is 0 Å². The van der Waals surface area contributed by atoms with E-state index in [4.69, 9.17) is 0 Å². The Hall–Kier alpha value is -0.220. The van der Waals surface area contributed by atoms with E-state index in [1.54, 1.807) is 0 Å². The van der Waals surface area contributed by atoms with Gasteiger partial charge in [0.25, 0.3) is 6.43 Å². The van der Waals surface area contributed by atoms with E-state index in [1.807, 2.05) is 11.9 Å². The van der Waals surface area contributed by atoms with Crippen molar-refractivity contribution in [2.24, 2.45) is 0 Å². The van der Waals surface area contributed by atoms with Crippen molar-refractivity contribution in [1.82, 2.24) is 10.2 Å². The van der Waals surface area contributed by atoms with Gasteiger partial charge in [-0.1, -0.05) is 32.6 Å². The summed E-state index contributed by atoms with van der Waals surface area (Å²) in [5.41, 5.74) is 0. The Morgan fingerprint density at radius 1 is 1.18 bits per heavy atom. The van der Waals surface area contributed by atoms with Crippen LogP contribution in [0.5, 0.6) is 0 Å². The van der Waals surface area contributed by atoms with Crippen LogP contribution in [0, 0.1) is 0 Å². The van der Waals surface area contributed by atoms with Gasteiger partial charge in [-0.25, -0.2) is 8.78 Å². The van der Waals surface area contributed by atoms with Crippen LogP contribution in [0.15, 0.2) is 0 Å². The summed E-state index contributed by atoms with van der Waals surface area (Å²) in [6.07, 6.45) is 4.85. The molecule has 0 aromatic heterocycles. The van der Waals surface area contributed by atoms with Gasteiger partial charge < -0.3 is 5.32 Å². The Labute approximate surface area is 104 Å². The Morgan fingerprint density at radius 3 is 2.41 bits per heavy atom. The SMILES string of the molecule is CCNC1CCCCCCC1N(C)CC(F)F. The van der Waals surface area contributed by atoms with Crippen molar-refractivity contribution in [3.63, 3.8) is 0 Å². The number of hydrogen-bond acceptors (Lipinski definition) is 2. The predicted octanol–water partition coefficient (Wildman–Crippen LogP) is 2.88. The summed E-state index contributed by atoms with van der Waals surface area (Å²) in [5, 5.41) is 3.47. The van der Waals surface area contributed by atoms with E-state index in [2.05, 4.69) is 12.2 Å².